The minimum absolute atomic E-state index is 0.212. The molecule has 5 heteroatoms. The summed E-state index contributed by atoms with van der Waals surface area (Å²) in [5.41, 5.74) is 0. The van der Waals surface area contributed by atoms with Gasteiger partial charge in [-0.2, -0.15) is 12.6 Å². The number of thiol groups is 1. The molecule has 54 valence electrons. The Bertz CT molecular complexity index is 93.8. The van der Waals surface area contributed by atoms with E-state index in [1.165, 1.54) is 0 Å². The maximum atomic E-state index is 9.87. The summed E-state index contributed by atoms with van der Waals surface area (Å²) in [6.07, 6.45) is -1.14. The van der Waals surface area contributed by atoms with Crippen LogP contribution in [-0.4, -0.2) is 34.7 Å². The summed E-state index contributed by atoms with van der Waals surface area (Å²) in [6.45, 7) is -0.212. The quantitative estimate of drug-likeness (QED) is 0.413. The highest BCUT2D eigenvalue weighted by Crippen LogP contribution is 1.84. The number of carbonyl (C=O) groups is 1. The SMILES string of the molecule is O=C(O)NC(CO)CS. The second-order valence-electron chi connectivity index (χ2n) is 1.51. The van der Waals surface area contributed by atoms with Gasteiger partial charge in [0.15, 0.2) is 0 Å². The van der Waals surface area contributed by atoms with Crippen molar-refractivity contribution in [2.45, 2.75) is 6.04 Å². The molecule has 1 unspecified atom stereocenters. The Kier molecular flexibility index (Phi) is 4.25. The lowest BCUT2D eigenvalue weighted by Gasteiger charge is -2.08. The van der Waals surface area contributed by atoms with Gasteiger partial charge in [0, 0.05) is 5.75 Å². The van der Waals surface area contributed by atoms with Crippen LogP contribution in [0.3, 0.4) is 0 Å². The van der Waals surface area contributed by atoms with Crippen molar-refractivity contribution >= 4 is 18.7 Å². The molecule has 0 aromatic carbocycles. The van der Waals surface area contributed by atoms with Gasteiger partial charge in [0.1, 0.15) is 0 Å². The summed E-state index contributed by atoms with van der Waals surface area (Å²) < 4.78 is 0. The number of rotatable bonds is 3. The fourth-order valence-corrected chi connectivity index (χ4v) is 0.530. The minimum Gasteiger partial charge on any atom is -0.465 e. The van der Waals surface area contributed by atoms with Crippen molar-refractivity contribution in [3.63, 3.8) is 0 Å². The van der Waals surface area contributed by atoms with E-state index in [-0.39, 0.29) is 6.61 Å². The topological polar surface area (TPSA) is 69.6 Å². The Hall–Kier alpha value is -0.420. The molecule has 0 aromatic rings. The lowest BCUT2D eigenvalue weighted by Crippen LogP contribution is -2.37. The van der Waals surface area contributed by atoms with E-state index >= 15 is 0 Å². The molecule has 0 aliphatic rings. The van der Waals surface area contributed by atoms with Gasteiger partial charge in [-0.05, 0) is 0 Å². The van der Waals surface area contributed by atoms with Crippen LogP contribution < -0.4 is 5.32 Å². The highest BCUT2D eigenvalue weighted by Gasteiger charge is 2.05. The summed E-state index contributed by atoms with van der Waals surface area (Å²) in [4.78, 5) is 9.87. The molecule has 0 radical (unpaired) electrons. The molecule has 1 amide bonds. The van der Waals surface area contributed by atoms with E-state index in [9.17, 15) is 4.79 Å². The van der Waals surface area contributed by atoms with Crippen molar-refractivity contribution in [2.24, 2.45) is 0 Å². The summed E-state index contributed by atoms with van der Waals surface area (Å²) in [6, 6.07) is -0.453. The average Bonchev–Trinajstić information content (AvgIpc) is 1.82. The molecule has 0 saturated heterocycles. The molecule has 0 rings (SSSR count). The van der Waals surface area contributed by atoms with Gasteiger partial charge >= 0.3 is 6.09 Å². The minimum atomic E-state index is -1.14. The van der Waals surface area contributed by atoms with Crippen molar-refractivity contribution in [3.8, 4) is 0 Å². The Labute approximate surface area is 58.3 Å². The second-order valence-corrected chi connectivity index (χ2v) is 1.88. The van der Waals surface area contributed by atoms with Crippen LogP contribution in [0.2, 0.25) is 0 Å². The van der Waals surface area contributed by atoms with E-state index in [0.29, 0.717) is 5.75 Å². The third-order valence-electron chi connectivity index (χ3n) is 0.768. The Morgan fingerprint density at radius 3 is 2.44 bits per heavy atom. The molecule has 1 atom stereocenters. The summed E-state index contributed by atoms with van der Waals surface area (Å²) in [5, 5.41) is 18.6. The predicted octanol–water partition coefficient (Wildman–Crippen LogP) is -0.455. The van der Waals surface area contributed by atoms with Crippen LogP contribution in [0.15, 0.2) is 0 Å². The van der Waals surface area contributed by atoms with E-state index in [4.69, 9.17) is 10.2 Å². The molecule has 0 spiro atoms. The first kappa shape index (κ1) is 8.58. The van der Waals surface area contributed by atoms with E-state index in [1.807, 2.05) is 0 Å². The molecule has 4 nitrogen and oxygen atoms in total. The van der Waals surface area contributed by atoms with Gasteiger partial charge in [-0.3, -0.25) is 0 Å². The average molecular weight is 151 g/mol. The molecular formula is C4H9NO3S. The van der Waals surface area contributed by atoms with Crippen LogP contribution in [-0.2, 0) is 0 Å². The van der Waals surface area contributed by atoms with E-state index in [2.05, 4.69) is 17.9 Å². The van der Waals surface area contributed by atoms with Crippen LogP contribution in [0.25, 0.3) is 0 Å². The highest BCUT2D eigenvalue weighted by molar-refractivity contribution is 7.80. The van der Waals surface area contributed by atoms with Crippen molar-refractivity contribution in [1.82, 2.24) is 5.32 Å². The predicted molar refractivity (Wildman–Crippen MR) is 35.9 cm³/mol. The zero-order chi connectivity index (χ0) is 7.28. The Balaban J connectivity index is 3.43. The number of carboxylic acid groups (broad SMARTS) is 1. The van der Waals surface area contributed by atoms with Gasteiger partial charge in [-0.1, -0.05) is 0 Å². The fraction of sp³-hybridized carbons (Fsp3) is 0.750. The van der Waals surface area contributed by atoms with Gasteiger partial charge in [0.2, 0.25) is 0 Å². The molecule has 0 heterocycles. The lowest BCUT2D eigenvalue weighted by atomic mass is 10.4. The number of hydrogen-bond acceptors (Lipinski definition) is 3. The molecule has 0 aromatic heterocycles. The molecule has 0 saturated carbocycles. The van der Waals surface area contributed by atoms with Crippen LogP contribution in [0, 0.1) is 0 Å². The van der Waals surface area contributed by atoms with Gasteiger partial charge in [-0.15, -0.1) is 0 Å². The van der Waals surface area contributed by atoms with E-state index in [0.717, 1.165) is 0 Å². The first-order valence-corrected chi connectivity index (χ1v) is 3.05. The van der Waals surface area contributed by atoms with Crippen LogP contribution in [0.4, 0.5) is 4.79 Å². The molecule has 0 aliphatic carbocycles. The summed E-state index contributed by atoms with van der Waals surface area (Å²) in [7, 11) is 0. The third-order valence-corrected chi connectivity index (χ3v) is 1.21. The second kappa shape index (κ2) is 4.46. The molecule has 9 heavy (non-hydrogen) atoms. The van der Waals surface area contributed by atoms with Crippen molar-refractivity contribution in [3.05, 3.63) is 0 Å². The highest BCUT2D eigenvalue weighted by atomic mass is 32.1. The first-order valence-electron chi connectivity index (χ1n) is 2.42. The molecule has 3 N–H and O–H groups in total. The molecule has 0 bridgehead atoms. The van der Waals surface area contributed by atoms with Crippen LogP contribution >= 0.6 is 12.6 Å². The summed E-state index contributed by atoms with van der Waals surface area (Å²) in [5.74, 6) is 0.308. The molecule has 0 fully saturated rings. The Morgan fingerprint density at radius 1 is 1.78 bits per heavy atom. The van der Waals surface area contributed by atoms with Crippen LogP contribution in [0.5, 0.6) is 0 Å². The smallest absolute Gasteiger partial charge is 0.404 e. The van der Waals surface area contributed by atoms with Gasteiger partial charge in [0.25, 0.3) is 0 Å². The van der Waals surface area contributed by atoms with Crippen molar-refractivity contribution in [2.75, 3.05) is 12.4 Å². The zero-order valence-electron chi connectivity index (χ0n) is 4.74. The number of nitrogens with one attached hydrogen (secondary N) is 1. The number of hydrogen-bond donors (Lipinski definition) is 4. The maximum absolute atomic E-state index is 9.87. The normalized spacial score (nSPS) is 12.7. The lowest BCUT2D eigenvalue weighted by molar-refractivity contribution is 0.181. The standard InChI is InChI=1S/C4H9NO3S/c6-1-3(2-9)5-4(7)8/h3,5-6,9H,1-2H2,(H,7,8). The largest absolute Gasteiger partial charge is 0.465 e. The van der Waals surface area contributed by atoms with E-state index < -0.39 is 12.1 Å². The van der Waals surface area contributed by atoms with Gasteiger partial charge < -0.3 is 15.5 Å². The first-order chi connectivity index (χ1) is 4.20. The zero-order valence-corrected chi connectivity index (χ0v) is 5.64. The monoisotopic (exact) mass is 151 g/mol. The van der Waals surface area contributed by atoms with Gasteiger partial charge in [-0.25, -0.2) is 4.79 Å². The Morgan fingerprint density at radius 2 is 2.33 bits per heavy atom. The van der Waals surface area contributed by atoms with Crippen molar-refractivity contribution in [1.29, 1.82) is 0 Å². The number of aliphatic hydroxyl groups excluding tert-OH is 1. The van der Waals surface area contributed by atoms with Crippen molar-refractivity contribution < 1.29 is 15.0 Å². The summed E-state index contributed by atoms with van der Waals surface area (Å²) >= 11 is 3.78. The van der Waals surface area contributed by atoms with E-state index in [1.54, 1.807) is 0 Å². The molecular weight excluding hydrogens is 142 g/mol. The van der Waals surface area contributed by atoms with Gasteiger partial charge in [0.05, 0.1) is 12.6 Å². The molecule has 0 aliphatic heterocycles. The number of amides is 1. The maximum Gasteiger partial charge on any atom is 0.404 e. The fourth-order valence-electron chi connectivity index (χ4n) is 0.324. The van der Waals surface area contributed by atoms with Crippen LogP contribution in [0.1, 0.15) is 0 Å². The third kappa shape index (κ3) is 4.11. The number of aliphatic hydroxyl groups is 1.